The van der Waals surface area contributed by atoms with Crippen LogP contribution in [0.1, 0.15) is 57.0 Å². The molecule has 1 amide bonds. The number of carbonyl (C=O) groups is 2. The van der Waals surface area contributed by atoms with Crippen molar-refractivity contribution >= 4 is 23.2 Å². The number of rotatable bonds is 5. The van der Waals surface area contributed by atoms with E-state index in [4.69, 9.17) is 9.47 Å². The lowest BCUT2D eigenvalue weighted by Crippen LogP contribution is -2.26. The maximum Gasteiger partial charge on any atom is 0.367 e. The van der Waals surface area contributed by atoms with Gasteiger partial charge in [0.2, 0.25) is 5.01 Å². The zero-order chi connectivity index (χ0) is 19.9. The van der Waals surface area contributed by atoms with Gasteiger partial charge in [-0.05, 0) is 32.6 Å². The van der Waals surface area contributed by atoms with Gasteiger partial charge in [0.05, 0.1) is 23.5 Å². The second-order valence-corrected chi connectivity index (χ2v) is 7.46. The number of hydrogen-bond donors (Lipinski definition) is 1. The molecule has 2 aromatic rings. The Morgan fingerprint density at radius 2 is 2.21 bits per heavy atom. The lowest BCUT2D eigenvalue weighted by molar-refractivity contribution is 0.0485. The first-order valence-electron chi connectivity index (χ1n) is 9.64. The number of amides is 1. The monoisotopic (exact) mass is 406 g/mol. The van der Waals surface area contributed by atoms with E-state index < -0.39 is 5.97 Å². The van der Waals surface area contributed by atoms with Crippen molar-refractivity contribution in [2.45, 2.75) is 46.1 Å². The highest BCUT2D eigenvalue weighted by Gasteiger charge is 2.23. The fraction of sp³-hybridized carbons (Fsp3) is 0.579. The molecule has 8 nitrogen and oxygen atoms in total. The Morgan fingerprint density at radius 1 is 1.39 bits per heavy atom. The van der Waals surface area contributed by atoms with Gasteiger partial charge in [-0.3, -0.25) is 9.48 Å². The SMILES string of the molecule is CCc1nn(CCOC(=O)c2nc(C)cs2)c2c1C(=O)NCCCOCCC2. The van der Waals surface area contributed by atoms with Gasteiger partial charge < -0.3 is 14.8 Å². The summed E-state index contributed by atoms with van der Waals surface area (Å²) in [5.74, 6) is -0.518. The van der Waals surface area contributed by atoms with Crippen LogP contribution in [0.25, 0.3) is 0 Å². The van der Waals surface area contributed by atoms with E-state index in [-0.39, 0.29) is 12.5 Å². The van der Waals surface area contributed by atoms with Gasteiger partial charge in [-0.25, -0.2) is 9.78 Å². The van der Waals surface area contributed by atoms with Crippen LogP contribution in [0.4, 0.5) is 0 Å². The molecule has 0 spiro atoms. The molecule has 1 aliphatic rings. The Kier molecular flexibility index (Phi) is 7.16. The predicted octanol–water partition coefficient (Wildman–Crippen LogP) is 2.15. The van der Waals surface area contributed by atoms with Crippen LogP contribution in [-0.4, -0.2) is 53.0 Å². The molecule has 3 rings (SSSR count). The molecule has 1 aliphatic heterocycles. The van der Waals surface area contributed by atoms with Gasteiger partial charge >= 0.3 is 5.97 Å². The van der Waals surface area contributed by atoms with Crippen molar-refractivity contribution in [2.75, 3.05) is 26.4 Å². The zero-order valence-corrected chi connectivity index (χ0v) is 17.1. The lowest BCUT2D eigenvalue weighted by atomic mass is 10.1. The van der Waals surface area contributed by atoms with Gasteiger partial charge in [-0.2, -0.15) is 5.10 Å². The van der Waals surface area contributed by atoms with E-state index in [1.165, 1.54) is 11.3 Å². The standard InChI is InChI=1S/C19H26N4O4S/c1-3-14-16-15(6-4-9-26-10-5-7-20-17(16)24)23(22-14)8-11-27-19(25)18-21-13(2)12-28-18/h12H,3-11H2,1-2H3,(H,20,24). The van der Waals surface area contributed by atoms with Crippen molar-refractivity contribution in [2.24, 2.45) is 0 Å². The van der Waals surface area contributed by atoms with Crippen LogP contribution in [0, 0.1) is 6.92 Å². The van der Waals surface area contributed by atoms with Crippen LogP contribution in [0.5, 0.6) is 0 Å². The third-order valence-corrected chi connectivity index (χ3v) is 5.42. The molecule has 0 atom stereocenters. The predicted molar refractivity (Wildman–Crippen MR) is 105 cm³/mol. The molecule has 0 radical (unpaired) electrons. The number of esters is 1. The number of aromatic nitrogens is 3. The van der Waals surface area contributed by atoms with Crippen molar-refractivity contribution < 1.29 is 19.1 Å². The van der Waals surface area contributed by atoms with Crippen LogP contribution in [0.15, 0.2) is 5.38 Å². The highest BCUT2D eigenvalue weighted by atomic mass is 32.1. The molecule has 9 heteroatoms. The molecule has 3 heterocycles. The number of nitrogens with zero attached hydrogens (tertiary/aromatic N) is 3. The summed E-state index contributed by atoms with van der Waals surface area (Å²) in [7, 11) is 0. The van der Waals surface area contributed by atoms with Crippen molar-refractivity contribution in [1.29, 1.82) is 0 Å². The molecular weight excluding hydrogens is 380 g/mol. The van der Waals surface area contributed by atoms with Crippen molar-refractivity contribution in [3.8, 4) is 0 Å². The van der Waals surface area contributed by atoms with Crippen LogP contribution in [-0.2, 0) is 28.9 Å². The van der Waals surface area contributed by atoms with Gasteiger partial charge in [0.25, 0.3) is 5.91 Å². The van der Waals surface area contributed by atoms with E-state index in [1.54, 1.807) is 4.68 Å². The van der Waals surface area contributed by atoms with Crippen LogP contribution in [0.3, 0.4) is 0 Å². The third-order valence-electron chi connectivity index (χ3n) is 4.48. The van der Waals surface area contributed by atoms with E-state index in [1.807, 2.05) is 19.2 Å². The summed E-state index contributed by atoms with van der Waals surface area (Å²) >= 11 is 1.27. The third kappa shape index (κ3) is 4.96. The van der Waals surface area contributed by atoms with Crippen molar-refractivity contribution in [3.05, 3.63) is 33.0 Å². The normalized spacial score (nSPS) is 15.4. The van der Waals surface area contributed by atoms with Gasteiger partial charge in [-0.1, -0.05) is 6.92 Å². The summed E-state index contributed by atoms with van der Waals surface area (Å²) in [6.45, 7) is 6.27. The summed E-state index contributed by atoms with van der Waals surface area (Å²) in [6.07, 6.45) is 2.96. The summed E-state index contributed by atoms with van der Waals surface area (Å²) < 4.78 is 12.7. The topological polar surface area (TPSA) is 95.3 Å². The van der Waals surface area contributed by atoms with Crippen LogP contribution in [0.2, 0.25) is 0 Å². The largest absolute Gasteiger partial charge is 0.458 e. The number of thiazole rings is 1. The molecule has 0 bridgehead atoms. The first-order chi connectivity index (χ1) is 13.6. The minimum atomic E-state index is -0.431. The number of nitrogens with one attached hydrogen (secondary N) is 1. The number of fused-ring (bicyclic) bond motifs is 1. The molecule has 0 unspecified atom stereocenters. The Balaban J connectivity index is 1.73. The van der Waals surface area contributed by atoms with Crippen molar-refractivity contribution in [1.82, 2.24) is 20.1 Å². The summed E-state index contributed by atoms with van der Waals surface area (Å²) in [6, 6.07) is 0. The van der Waals surface area contributed by atoms with Crippen LogP contribution < -0.4 is 5.32 Å². The van der Waals surface area contributed by atoms with E-state index in [9.17, 15) is 9.59 Å². The number of ether oxygens (including phenoxy) is 2. The fourth-order valence-electron chi connectivity index (χ4n) is 3.14. The average molecular weight is 407 g/mol. The molecule has 2 aromatic heterocycles. The highest BCUT2D eigenvalue weighted by Crippen LogP contribution is 2.18. The number of hydrogen-bond acceptors (Lipinski definition) is 7. The molecule has 0 aliphatic carbocycles. The number of carbonyl (C=O) groups excluding carboxylic acids is 2. The molecule has 0 aromatic carbocycles. The quantitative estimate of drug-likeness (QED) is 0.765. The molecule has 0 saturated heterocycles. The highest BCUT2D eigenvalue weighted by molar-refractivity contribution is 7.11. The zero-order valence-electron chi connectivity index (χ0n) is 16.3. The molecule has 0 fully saturated rings. The summed E-state index contributed by atoms with van der Waals surface area (Å²) in [5, 5.41) is 9.74. The summed E-state index contributed by atoms with van der Waals surface area (Å²) in [4.78, 5) is 28.9. The maximum atomic E-state index is 12.7. The van der Waals surface area contributed by atoms with Gasteiger partial charge in [0, 0.05) is 30.8 Å². The molecular formula is C19H26N4O4S. The molecule has 152 valence electrons. The Labute approximate surface area is 168 Å². The first-order valence-corrected chi connectivity index (χ1v) is 10.5. The lowest BCUT2D eigenvalue weighted by Gasteiger charge is -2.10. The van der Waals surface area contributed by atoms with E-state index in [2.05, 4.69) is 15.4 Å². The van der Waals surface area contributed by atoms with E-state index >= 15 is 0 Å². The summed E-state index contributed by atoms with van der Waals surface area (Å²) in [5.41, 5.74) is 3.11. The minimum Gasteiger partial charge on any atom is -0.458 e. The second kappa shape index (κ2) is 9.79. The van der Waals surface area contributed by atoms with Crippen molar-refractivity contribution in [3.63, 3.8) is 0 Å². The molecule has 28 heavy (non-hydrogen) atoms. The molecule has 0 saturated carbocycles. The van der Waals surface area contributed by atoms with Crippen LogP contribution >= 0.6 is 11.3 Å². The Hall–Kier alpha value is -2.26. The van der Waals surface area contributed by atoms with Gasteiger partial charge in [-0.15, -0.1) is 11.3 Å². The first kappa shape index (κ1) is 20.5. The Bertz CT molecular complexity index is 830. The minimum absolute atomic E-state index is 0.0877. The fourth-order valence-corrected chi connectivity index (χ4v) is 3.83. The smallest absolute Gasteiger partial charge is 0.367 e. The maximum absolute atomic E-state index is 12.7. The van der Waals surface area contributed by atoms with E-state index in [0.717, 1.165) is 29.9 Å². The number of aryl methyl sites for hydroxylation is 2. The van der Waals surface area contributed by atoms with E-state index in [0.29, 0.717) is 49.7 Å². The molecule has 1 N–H and O–H groups in total. The average Bonchev–Trinajstić information content (AvgIpc) is 3.26. The van der Waals surface area contributed by atoms with Gasteiger partial charge in [0.1, 0.15) is 6.61 Å². The Morgan fingerprint density at radius 3 is 2.96 bits per heavy atom. The second-order valence-electron chi connectivity index (χ2n) is 6.60. The van der Waals surface area contributed by atoms with Gasteiger partial charge in [0.15, 0.2) is 0 Å².